The van der Waals surface area contributed by atoms with E-state index >= 15 is 0 Å². The summed E-state index contributed by atoms with van der Waals surface area (Å²) in [5, 5.41) is 3.70. The van der Waals surface area contributed by atoms with Gasteiger partial charge in [-0.1, -0.05) is 6.07 Å². The van der Waals surface area contributed by atoms with E-state index in [-0.39, 0.29) is 0 Å². The number of hydrogen-bond donors (Lipinski definition) is 1. The summed E-state index contributed by atoms with van der Waals surface area (Å²) in [6.07, 6.45) is 4.94. The number of pyridine rings is 1. The fourth-order valence-corrected chi connectivity index (χ4v) is 3.41. The van der Waals surface area contributed by atoms with Gasteiger partial charge < -0.3 is 14.8 Å². The first kappa shape index (κ1) is 15.9. The first-order chi connectivity index (χ1) is 10.8. The van der Waals surface area contributed by atoms with Gasteiger partial charge in [-0.3, -0.25) is 9.88 Å². The summed E-state index contributed by atoms with van der Waals surface area (Å²) in [6.45, 7) is 8.76. The number of rotatable bonds is 6. The Morgan fingerprint density at radius 3 is 2.86 bits per heavy atom. The molecule has 2 aliphatic rings. The van der Waals surface area contributed by atoms with Gasteiger partial charge in [0.25, 0.3) is 0 Å². The van der Waals surface area contributed by atoms with Gasteiger partial charge in [-0.25, -0.2) is 0 Å². The minimum atomic E-state index is 0.319. The Bertz CT molecular complexity index is 431. The number of ether oxygens (including phenoxy) is 2. The van der Waals surface area contributed by atoms with Crippen molar-refractivity contribution >= 4 is 0 Å². The fourth-order valence-electron chi connectivity index (χ4n) is 3.41. The van der Waals surface area contributed by atoms with Gasteiger partial charge in [0.15, 0.2) is 0 Å². The molecule has 5 nitrogen and oxygen atoms in total. The average molecular weight is 305 g/mol. The Labute approximate surface area is 133 Å². The minimum Gasteiger partial charge on any atom is -0.381 e. The Morgan fingerprint density at radius 1 is 1.32 bits per heavy atom. The molecule has 5 heteroatoms. The van der Waals surface area contributed by atoms with Gasteiger partial charge >= 0.3 is 0 Å². The van der Waals surface area contributed by atoms with Crippen LogP contribution in [0.1, 0.15) is 24.9 Å². The molecule has 2 aliphatic heterocycles. The predicted molar refractivity (Wildman–Crippen MR) is 85.8 cm³/mol. The molecule has 2 fully saturated rings. The van der Waals surface area contributed by atoms with Crippen molar-refractivity contribution in [3.05, 3.63) is 30.1 Å². The average Bonchev–Trinajstić information content (AvgIpc) is 3.11. The van der Waals surface area contributed by atoms with Crippen LogP contribution in [-0.2, 0) is 9.47 Å². The van der Waals surface area contributed by atoms with Crippen molar-refractivity contribution in [2.45, 2.75) is 25.4 Å². The van der Waals surface area contributed by atoms with Crippen molar-refractivity contribution in [2.75, 3.05) is 46.1 Å². The van der Waals surface area contributed by atoms with E-state index in [2.05, 4.69) is 28.2 Å². The van der Waals surface area contributed by atoms with Gasteiger partial charge in [-0.15, -0.1) is 0 Å². The molecule has 122 valence electrons. The molecule has 3 heterocycles. The lowest BCUT2D eigenvalue weighted by Crippen LogP contribution is -2.51. The molecule has 0 aliphatic carbocycles. The molecular weight excluding hydrogens is 278 g/mol. The molecule has 22 heavy (non-hydrogen) atoms. The van der Waals surface area contributed by atoms with Gasteiger partial charge in [0.2, 0.25) is 0 Å². The third-order valence-electron chi connectivity index (χ3n) is 4.84. The van der Waals surface area contributed by atoms with Crippen LogP contribution in [0.15, 0.2) is 24.5 Å². The van der Waals surface area contributed by atoms with E-state index in [0.717, 1.165) is 46.1 Å². The Hall–Kier alpha value is -1.01. The van der Waals surface area contributed by atoms with Crippen LogP contribution in [0.25, 0.3) is 0 Å². The quantitative estimate of drug-likeness (QED) is 0.862. The molecule has 3 atom stereocenters. The van der Waals surface area contributed by atoms with E-state index in [9.17, 15) is 0 Å². The first-order valence-corrected chi connectivity index (χ1v) is 8.37. The summed E-state index contributed by atoms with van der Waals surface area (Å²) in [7, 11) is 0. The third-order valence-corrected chi connectivity index (χ3v) is 4.84. The summed E-state index contributed by atoms with van der Waals surface area (Å²) in [5.74, 6) is 0.631. The molecule has 3 rings (SSSR count). The van der Waals surface area contributed by atoms with Crippen molar-refractivity contribution in [2.24, 2.45) is 5.92 Å². The van der Waals surface area contributed by atoms with Crippen LogP contribution in [0.3, 0.4) is 0 Å². The Balaban J connectivity index is 1.59. The van der Waals surface area contributed by atoms with Gasteiger partial charge in [0, 0.05) is 56.6 Å². The highest BCUT2D eigenvalue weighted by Gasteiger charge is 2.31. The number of aromatic nitrogens is 1. The summed E-state index contributed by atoms with van der Waals surface area (Å²) in [4.78, 5) is 6.79. The molecule has 0 bridgehead atoms. The van der Waals surface area contributed by atoms with Gasteiger partial charge in [-0.2, -0.15) is 0 Å². The molecule has 1 aromatic rings. The molecular formula is C17H27N3O2. The number of nitrogens with zero attached hydrogens (tertiary/aromatic N) is 2. The zero-order chi connectivity index (χ0) is 15.2. The standard InChI is InChI=1S/C17H27N3O2/c1-14(15-3-2-5-18-11-15)19-12-17(16-4-8-22-13-16)20-6-9-21-10-7-20/h2-3,5,11,14,16-17,19H,4,6-10,12-13H2,1H3/t14-,16+,17+/m0/s1. The fraction of sp³-hybridized carbons (Fsp3) is 0.706. The van der Waals surface area contributed by atoms with Crippen LogP contribution in [0, 0.1) is 5.92 Å². The van der Waals surface area contributed by atoms with Crippen LogP contribution >= 0.6 is 0 Å². The van der Waals surface area contributed by atoms with Crippen molar-refractivity contribution < 1.29 is 9.47 Å². The summed E-state index contributed by atoms with van der Waals surface area (Å²) in [5.41, 5.74) is 1.24. The second-order valence-electron chi connectivity index (χ2n) is 6.26. The second-order valence-corrected chi connectivity index (χ2v) is 6.26. The van der Waals surface area contributed by atoms with E-state index in [1.807, 2.05) is 18.5 Å². The molecule has 2 saturated heterocycles. The number of hydrogen-bond acceptors (Lipinski definition) is 5. The second kappa shape index (κ2) is 8.02. The van der Waals surface area contributed by atoms with Crippen LogP contribution < -0.4 is 5.32 Å². The molecule has 0 saturated carbocycles. The van der Waals surface area contributed by atoms with Gasteiger partial charge in [-0.05, 0) is 25.0 Å². The lowest BCUT2D eigenvalue weighted by atomic mass is 9.96. The SMILES string of the molecule is C[C@H](NC[C@H]([C@@H]1CCOC1)N1CCOCC1)c1cccnc1. The molecule has 0 aromatic carbocycles. The van der Waals surface area contributed by atoms with E-state index in [1.54, 1.807) is 0 Å². The van der Waals surface area contributed by atoms with E-state index in [4.69, 9.17) is 9.47 Å². The topological polar surface area (TPSA) is 46.6 Å². The van der Waals surface area contributed by atoms with Crippen LogP contribution in [0.2, 0.25) is 0 Å². The lowest BCUT2D eigenvalue weighted by Gasteiger charge is -2.38. The van der Waals surface area contributed by atoms with Gasteiger partial charge in [0.05, 0.1) is 19.8 Å². The van der Waals surface area contributed by atoms with E-state index < -0.39 is 0 Å². The van der Waals surface area contributed by atoms with Crippen LogP contribution in [0.4, 0.5) is 0 Å². The van der Waals surface area contributed by atoms with Gasteiger partial charge in [0.1, 0.15) is 0 Å². The smallest absolute Gasteiger partial charge is 0.0594 e. The Kier molecular flexibility index (Phi) is 5.78. The summed E-state index contributed by atoms with van der Waals surface area (Å²) >= 11 is 0. The highest BCUT2D eigenvalue weighted by atomic mass is 16.5. The molecule has 0 unspecified atom stereocenters. The van der Waals surface area contributed by atoms with Crippen molar-refractivity contribution in [1.82, 2.24) is 15.2 Å². The molecule has 1 N–H and O–H groups in total. The van der Waals surface area contributed by atoms with Crippen molar-refractivity contribution in [3.63, 3.8) is 0 Å². The molecule has 0 amide bonds. The number of morpholine rings is 1. The molecule has 1 aromatic heterocycles. The largest absolute Gasteiger partial charge is 0.381 e. The van der Waals surface area contributed by atoms with Crippen LogP contribution in [-0.4, -0.2) is 62.0 Å². The van der Waals surface area contributed by atoms with Crippen molar-refractivity contribution in [3.8, 4) is 0 Å². The third kappa shape index (κ3) is 4.04. The maximum absolute atomic E-state index is 5.62. The lowest BCUT2D eigenvalue weighted by molar-refractivity contribution is 0.000911. The normalized spacial score (nSPS) is 26.0. The van der Waals surface area contributed by atoms with Crippen molar-refractivity contribution in [1.29, 1.82) is 0 Å². The Morgan fingerprint density at radius 2 is 2.18 bits per heavy atom. The highest BCUT2D eigenvalue weighted by Crippen LogP contribution is 2.22. The zero-order valence-corrected chi connectivity index (χ0v) is 13.4. The molecule has 0 spiro atoms. The zero-order valence-electron chi connectivity index (χ0n) is 13.4. The maximum atomic E-state index is 5.62. The van der Waals surface area contributed by atoms with E-state index in [1.165, 1.54) is 12.0 Å². The van der Waals surface area contributed by atoms with Crippen LogP contribution in [0.5, 0.6) is 0 Å². The monoisotopic (exact) mass is 305 g/mol. The summed E-state index contributed by atoms with van der Waals surface area (Å²) < 4.78 is 11.1. The predicted octanol–water partition coefficient (Wildman–Crippen LogP) is 1.47. The highest BCUT2D eigenvalue weighted by molar-refractivity contribution is 5.12. The first-order valence-electron chi connectivity index (χ1n) is 8.37. The summed E-state index contributed by atoms with van der Waals surface area (Å²) in [6, 6.07) is 4.98. The van der Waals surface area contributed by atoms with E-state index in [0.29, 0.717) is 18.0 Å². The molecule has 0 radical (unpaired) electrons. The number of nitrogens with one attached hydrogen (secondary N) is 1. The minimum absolute atomic E-state index is 0.319. The maximum Gasteiger partial charge on any atom is 0.0594 e.